The number of ether oxygens (including phenoxy) is 2. The first-order chi connectivity index (χ1) is 4.84. The lowest BCUT2D eigenvalue weighted by Gasteiger charge is -2.20. The summed E-state index contributed by atoms with van der Waals surface area (Å²) in [7, 11) is 0. The third-order valence-corrected chi connectivity index (χ3v) is 1.33. The second-order valence-corrected chi connectivity index (χ2v) is 2.04. The molecule has 0 aromatic carbocycles. The van der Waals surface area contributed by atoms with Crippen LogP contribution in [0.25, 0.3) is 0 Å². The molecule has 3 heteroatoms. The lowest BCUT2D eigenvalue weighted by Crippen LogP contribution is -2.34. The maximum absolute atomic E-state index is 10.8. The Kier molecular flexibility index (Phi) is 2.59. The third-order valence-electron chi connectivity index (χ3n) is 1.33. The van der Waals surface area contributed by atoms with Gasteiger partial charge in [0, 0.05) is 0 Å². The maximum Gasteiger partial charge on any atom is 0.186 e. The van der Waals surface area contributed by atoms with Gasteiger partial charge in [0.25, 0.3) is 0 Å². The van der Waals surface area contributed by atoms with Crippen molar-refractivity contribution in [1.29, 1.82) is 0 Å². The largest absolute Gasteiger partial charge is 0.376 e. The standard InChI is InChI=1S/C7H10O3/c1-2-6(8)7-5-9-3-4-10-7/h2,7H,1,3-5H2. The van der Waals surface area contributed by atoms with Crippen molar-refractivity contribution in [3.8, 4) is 0 Å². The number of hydrogen-bond donors (Lipinski definition) is 0. The highest BCUT2D eigenvalue weighted by atomic mass is 16.6. The van der Waals surface area contributed by atoms with Crippen molar-refractivity contribution < 1.29 is 14.3 Å². The van der Waals surface area contributed by atoms with Gasteiger partial charge in [-0.1, -0.05) is 6.58 Å². The van der Waals surface area contributed by atoms with Crippen LogP contribution in [0.2, 0.25) is 0 Å². The Bertz CT molecular complexity index is 136. The summed E-state index contributed by atoms with van der Waals surface area (Å²) >= 11 is 0. The Hall–Kier alpha value is -0.670. The van der Waals surface area contributed by atoms with Gasteiger partial charge in [0.05, 0.1) is 19.8 Å². The molecule has 1 saturated heterocycles. The number of rotatable bonds is 2. The molecule has 1 atom stereocenters. The summed E-state index contributed by atoms with van der Waals surface area (Å²) < 4.78 is 10.1. The normalized spacial score (nSPS) is 25.8. The molecule has 1 aliphatic heterocycles. The highest BCUT2D eigenvalue weighted by Gasteiger charge is 2.19. The summed E-state index contributed by atoms with van der Waals surface area (Å²) in [4.78, 5) is 10.8. The summed E-state index contributed by atoms with van der Waals surface area (Å²) in [5, 5.41) is 0. The Morgan fingerprint density at radius 3 is 2.90 bits per heavy atom. The zero-order valence-electron chi connectivity index (χ0n) is 5.71. The van der Waals surface area contributed by atoms with Crippen molar-refractivity contribution in [2.24, 2.45) is 0 Å². The van der Waals surface area contributed by atoms with E-state index in [9.17, 15) is 4.79 Å². The highest BCUT2D eigenvalue weighted by molar-refractivity contribution is 5.93. The minimum Gasteiger partial charge on any atom is -0.376 e. The fraction of sp³-hybridized carbons (Fsp3) is 0.571. The molecule has 0 aromatic heterocycles. The first-order valence-electron chi connectivity index (χ1n) is 3.20. The van der Waals surface area contributed by atoms with Crippen molar-refractivity contribution in [2.75, 3.05) is 19.8 Å². The molecule has 1 unspecified atom stereocenters. The fourth-order valence-corrected chi connectivity index (χ4v) is 0.783. The predicted octanol–water partition coefficient (Wildman–Crippen LogP) is 0.157. The predicted molar refractivity (Wildman–Crippen MR) is 35.8 cm³/mol. The van der Waals surface area contributed by atoms with Gasteiger partial charge in [-0.25, -0.2) is 0 Å². The molecule has 0 bridgehead atoms. The first kappa shape index (κ1) is 7.44. The smallest absolute Gasteiger partial charge is 0.186 e. The van der Waals surface area contributed by atoms with E-state index in [2.05, 4.69) is 6.58 Å². The van der Waals surface area contributed by atoms with Gasteiger partial charge in [0.15, 0.2) is 5.78 Å². The van der Waals surface area contributed by atoms with Crippen LogP contribution in [0.4, 0.5) is 0 Å². The van der Waals surface area contributed by atoms with Crippen molar-refractivity contribution >= 4 is 5.78 Å². The second-order valence-electron chi connectivity index (χ2n) is 2.04. The molecule has 1 aliphatic rings. The Balaban J connectivity index is 2.38. The average molecular weight is 142 g/mol. The molecule has 0 aromatic rings. The Morgan fingerprint density at radius 2 is 2.40 bits per heavy atom. The summed E-state index contributed by atoms with van der Waals surface area (Å²) in [6.07, 6.45) is 0.852. The number of carbonyl (C=O) groups excluding carboxylic acids is 1. The van der Waals surface area contributed by atoms with Crippen LogP contribution in [0.5, 0.6) is 0 Å². The van der Waals surface area contributed by atoms with Crippen LogP contribution in [0, 0.1) is 0 Å². The van der Waals surface area contributed by atoms with E-state index in [-0.39, 0.29) is 5.78 Å². The molecule has 1 fully saturated rings. The molecular formula is C7H10O3. The molecule has 1 rings (SSSR count). The van der Waals surface area contributed by atoms with E-state index < -0.39 is 6.10 Å². The van der Waals surface area contributed by atoms with E-state index in [1.807, 2.05) is 0 Å². The number of carbonyl (C=O) groups is 1. The summed E-state index contributed by atoms with van der Waals surface area (Å²) in [5.41, 5.74) is 0. The molecule has 0 N–H and O–H groups in total. The van der Waals surface area contributed by atoms with Crippen molar-refractivity contribution in [1.82, 2.24) is 0 Å². The van der Waals surface area contributed by atoms with Crippen LogP contribution < -0.4 is 0 Å². The zero-order valence-corrected chi connectivity index (χ0v) is 5.71. The van der Waals surface area contributed by atoms with Gasteiger partial charge in [-0.15, -0.1) is 0 Å². The van der Waals surface area contributed by atoms with E-state index in [4.69, 9.17) is 9.47 Å². The monoisotopic (exact) mass is 142 g/mol. The Morgan fingerprint density at radius 1 is 1.60 bits per heavy atom. The van der Waals surface area contributed by atoms with Crippen LogP contribution in [-0.4, -0.2) is 31.7 Å². The molecule has 0 aliphatic carbocycles. The first-order valence-corrected chi connectivity index (χ1v) is 3.20. The van der Waals surface area contributed by atoms with Crippen molar-refractivity contribution in [3.05, 3.63) is 12.7 Å². The molecule has 0 spiro atoms. The van der Waals surface area contributed by atoms with Gasteiger partial charge in [-0.3, -0.25) is 4.79 Å². The Labute approximate surface area is 59.6 Å². The van der Waals surface area contributed by atoms with Crippen LogP contribution in [0.15, 0.2) is 12.7 Å². The zero-order chi connectivity index (χ0) is 7.40. The van der Waals surface area contributed by atoms with Gasteiger partial charge in [-0.05, 0) is 6.08 Å². The summed E-state index contributed by atoms with van der Waals surface area (Å²) in [6, 6.07) is 0. The quantitative estimate of drug-likeness (QED) is 0.515. The van der Waals surface area contributed by atoms with Crippen molar-refractivity contribution in [3.63, 3.8) is 0 Å². The lowest BCUT2D eigenvalue weighted by molar-refractivity contribution is -0.140. The minimum absolute atomic E-state index is 0.0975. The van der Waals surface area contributed by atoms with E-state index in [1.165, 1.54) is 6.08 Å². The van der Waals surface area contributed by atoms with Gasteiger partial charge >= 0.3 is 0 Å². The lowest BCUT2D eigenvalue weighted by atomic mass is 10.2. The van der Waals surface area contributed by atoms with Crippen LogP contribution in [-0.2, 0) is 14.3 Å². The average Bonchev–Trinajstić information content (AvgIpc) is 2.05. The van der Waals surface area contributed by atoms with Crippen molar-refractivity contribution in [2.45, 2.75) is 6.10 Å². The van der Waals surface area contributed by atoms with E-state index in [1.54, 1.807) is 0 Å². The molecular weight excluding hydrogens is 132 g/mol. The van der Waals surface area contributed by atoms with Crippen LogP contribution >= 0.6 is 0 Å². The van der Waals surface area contributed by atoms with Gasteiger partial charge in [0.1, 0.15) is 6.10 Å². The van der Waals surface area contributed by atoms with E-state index in [0.717, 1.165) is 0 Å². The molecule has 3 nitrogen and oxygen atoms in total. The molecule has 1 heterocycles. The summed E-state index contributed by atoms with van der Waals surface area (Å²) in [6.45, 7) is 4.81. The molecule has 0 saturated carbocycles. The molecule has 0 radical (unpaired) electrons. The van der Waals surface area contributed by atoms with E-state index >= 15 is 0 Å². The summed E-state index contributed by atoms with van der Waals surface area (Å²) in [5.74, 6) is -0.0975. The SMILES string of the molecule is C=CC(=O)C1COCCO1. The van der Waals surface area contributed by atoms with Crippen LogP contribution in [0.1, 0.15) is 0 Å². The van der Waals surface area contributed by atoms with Crippen LogP contribution in [0.3, 0.4) is 0 Å². The molecule has 56 valence electrons. The number of ketones is 1. The highest BCUT2D eigenvalue weighted by Crippen LogP contribution is 2.01. The second kappa shape index (κ2) is 3.49. The van der Waals surface area contributed by atoms with Gasteiger partial charge in [0.2, 0.25) is 0 Å². The molecule has 10 heavy (non-hydrogen) atoms. The van der Waals surface area contributed by atoms with E-state index in [0.29, 0.717) is 19.8 Å². The van der Waals surface area contributed by atoms with Gasteiger partial charge < -0.3 is 9.47 Å². The molecule has 0 amide bonds. The maximum atomic E-state index is 10.8. The number of hydrogen-bond acceptors (Lipinski definition) is 3. The third kappa shape index (κ3) is 1.65. The minimum atomic E-state index is -0.411. The fourth-order valence-electron chi connectivity index (χ4n) is 0.783. The van der Waals surface area contributed by atoms with Gasteiger partial charge in [-0.2, -0.15) is 0 Å². The topological polar surface area (TPSA) is 35.5 Å².